The summed E-state index contributed by atoms with van der Waals surface area (Å²) >= 11 is 5.29. The molecule has 0 aromatic heterocycles. The van der Waals surface area contributed by atoms with Crippen LogP contribution in [0.25, 0.3) is 0 Å². The zero-order valence-corrected chi connectivity index (χ0v) is 11.9. The van der Waals surface area contributed by atoms with E-state index < -0.39 is 5.41 Å². The van der Waals surface area contributed by atoms with Crippen molar-refractivity contribution in [3.63, 3.8) is 0 Å². The molecule has 4 nitrogen and oxygen atoms in total. The molecule has 0 amide bonds. The second-order valence-corrected chi connectivity index (χ2v) is 3.95. The highest BCUT2D eigenvalue weighted by molar-refractivity contribution is 9.06. The van der Waals surface area contributed by atoms with E-state index >= 15 is 0 Å². The lowest BCUT2D eigenvalue weighted by molar-refractivity contribution is -0.145. The summed E-state index contributed by atoms with van der Waals surface area (Å²) in [6, 6.07) is 0. The molecule has 0 aliphatic heterocycles. The summed E-state index contributed by atoms with van der Waals surface area (Å²) < 4.78 is 8.93. The fraction of sp³-hybridized carbons (Fsp3) is 0.778. The molecule has 0 saturated heterocycles. The van der Waals surface area contributed by atoms with Crippen LogP contribution in [0.15, 0.2) is 0 Å². The van der Waals surface area contributed by atoms with Gasteiger partial charge in [-0.2, -0.15) is 0 Å². The van der Waals surface area contributed by atoms with Gasteiger partial charge < -0.3 is 7.66 Å². The van der Waals surface area contributed by atoms with Crippen LogP contribution in [-0.2, 0) is 17.2 Å². The van der Waals surface area contributed by atoms with Gasteiger partial charge in [-0.3, -0.25) is 9.59 Å². The van der Waals surface area contributed by atoms with Gasteiger partial charge in [-0.25, -0.2) is 0 Å². The second kappa shape index (κ2) is 7.22. The SMILES string of the molecule is CCC(CC)(CCC(=O)OBr)C(=O)OBr. The maximum Gasteiger partial charge on any atom is 0.323 e. The maximum absolute atomic E-state index is 11.6. The highest BCUT2D eigenvalue weighted by Crippen LogP contribution is 2.34. The average molecular weight is 346 g/mol. The first kappa shape index (κ1) is 14.9. The molecule has 0 rings (SSSR count). The third-order valence-corrected chi connectivity index (χ3v) is 3.41. The summed E-state index contributed by atoms with van der Waals surface area (Å²) in [7, 11) is 0. The molecule has 0 aromatic rings. The van der Waals surface area contributed by atoms with Gasteiger partial charge in [0.25, 0.3) is 0 Å². The van der Waals surface area contributed by atoms with Crippen LogP contribution in [-0.4, -0.2) is 11.9 Å². The molecule has 0 unspecified atom stereocenters. The molecule has 0 aliphatic carbocycles. The van der Waals surface area contributed by atoms with Crippen LogP contribution in [0.1, 0.15) is 39.5 Å². The van der Waals surface area contributed by atoms with Crippen molar-refractivity contribution in [1.82, 2.24) is 0 Å². The van der Waals surface area contributed by atoms with E-state index in [-0.39, 0.29) is 18.4 Å². The van der Waals surface area contributed by atoms with Gasteiger partial charge in [-0.15, -0.1) is 0 Å². The summed E-state index contributed by atoms with van der Waals surface area (Å²) in [5.41, 5.74) is -0.606. The van der Waals surface area contributed by atoms with E-state index in [4.69, 9.17) is 0 Å². The van der Waals surface area contributed by atoms with Gasteiger partial charge in [-0.05, 0) is 19.3 Å². The van der Waals surface area contributed by atoms with Gasteiger partial charge in [0.1, 0.15) is 0 Å². The van der Waals surface area contributed by atoms with Crippen molar-refractivity contribution < 1.29 is 17.2 Å². The van der Waals surface area contributed by atoms with Crippen LogP contribution in [0.4, 0.5) is 0 Å². The van der Waals surface area contributed by atoms with Crippen molar-refractivity contribution in [2.24, 2.45) is 5.41 Å². The Morgan fingerprint density at radius 2 is 1.67 bits per heavy atom. The molecule has 0 bridgehead atoms. The van der Waals surface area contributed by atoms with Crippen molar-refractivity contribution in [3.05, 3.63) is 0 Å². The number of rotatable bonds is 6. The minimum atomic E-state index is -0.606. The van der Waals surface area contributed by atoms with Crippen molar-refractivity contribution in [1.29, 1.82) is 0 Å². The molecule has 0 radical (unpaired) electrons. The second-order valence-electron chi connectivity index (χ2n) is 3.30. The molecule has 0 saturated carbocycles. The Bertz CT molecular complexity index is 226. The molecule has 0 heterocycles. The van der Waals surface area contributed by atoms with Gasteiger partial charge in [0, 0.05) is 6.42 Å². The molecular formula is C9H14Br2O4. The van der Waals surface area contributed by atoms with Crippen LogP contribution in [0, 0.1) is 5.41 Å². The zero-order chi connectivity index (χ0) is 11.9. The Labute approximate surface area is 107 Å². The third kappa shape index (κ3) is 4.10. The van der Waals surface area contributed by atoms with Crippen LogP contribution in [0.2, 0.25) is 0 Å². The van der Waals surface area contributed by atoms with Crippen molar-refractivity contribution in [2.45, 2.75) is 39.5 Å². The number of hydrogen-bond donors (Lipinski definition) is 0. The van der Waals surface area contributed by atoms with E-state index in [0.717, 1.165) is 0 Å². The van der Waals surface area contributed by atoms with Crippen LogP contribution in [0.5, 0.6) is 0 Å². The molecule has 15 heavy (non-hydrogen) atoms. The first-order chi connectivity index (χ1) is 7.06. The van der Waals surface area contributed by atoms with Gasteiger partial charge >= 0.3 is 11.9 Å². The van der Waals surface area contributed by atoms with E-state index in [2.05, 4.69) is 40.2 Å². The van der Waals surface area contributed by atoms with E-state index in [9.17, 15) is 9.59 Å². The topological polar surface area (TPSA) is 52.6 Å². The first-order valence-electron chi connectivity index (χ1n) is 4.70. The Balaban J connectivity index is 4.50. The molecular weight excluding hydrogens is 332 g/mol. The molecule has 88 valence electrons. The van der Waals surface area contributed by atoms with E-state index in [0.29, 0.717) is 19.3 Å². The third-order valence-electron chi connectivity index (χ3n) is 2.75. The normalized spacial score (nSPS) is 10.9. The standard InChI is InChI=1S/C9H14Br2O4/c1-3-9(4-2,8(13)15-11)6-5-7(12)14-10/h3-6H2,1-2H3. The van der Waals surface area contributed by atoms with Crippen LogP contribution in [0.3, 0.4) is 0 Å². The van der Waals surface area contributed by atoms with Crippen molar-refractivity contribution in [3.8, 4) is 0 Å². The Kier molecular flexibility index (Phi) is 7.17. The van der Waals surface area contributed by atoms with Gasteiger partial charge in [0.05, 0.1) is 5.41 Å². The highest BCUT2D eigenvalue weighted by Gasteiger charge is 2.36. The van der Waals surface area contributed by atoms with Crippen molar-refractivity contribution in [2.75, 3.05) is 0 Å². The van der Waals surface area contributed by atoms with Gasteiger partial charge in [0.2, 0.25) is 0 Å². The Hall–Kier alpha value is -0.100. The Morgan fingerprint density at radius 1 is 1.13 bits per heavy atom. The number of carbonyl (C=O) groups excluding carboxylic acids is 2. The summed E-state index contributed by atoms with van der Waals surface area (Å²) in [5, 5.41) is 0. The van der Waals surface area contributed by atoms with Crippen LogP contribution >= 0.6 is 32.5 Å². The predicted octanol–water partition coefficient (Wildman–Crippen LogP) is 3.28. The van der Waals surface area contributed by atoms with Gasteiger partial charge in [-0.1, -0.05) is 13.8 Å². The number of carbonyl (C=O) groups is 2. The fourth-order valence-electron chi connectivity index (χ4n) is 1.46. The molecule has 6 heteroatoms. The number of halogens is 2. The van der Waals surface area contributed by atoms with E-state index in [1.165, 1.54) is 0 Å². The fourth-order valence-corrected chi connectivity index (χ4v) is 1.96. The summed E-state index contributed by atoms with van der Waals surface area (Å²) in [5.74, 6) is -0.724. The molecule has 0 spiro atoms. The lowest BCUT2D eigenvalue weighted by Crippen LogP contribution is -2.30. The monoisotopic (exact) mass is 344 g/mol. The Morgan fingerprint density at radius 3 is 2.00 bits per heavy atom. The molecule has 0 aromatic carbocycles. The minimum absolute atomic E-state index is 0.190. The minimum Gasteiger partial charge on any atom is -0.384 e. The quantitative estimate of drug-likeness (QED) is 0.741. The number of hydrogen-bond acceptors (Lipinski definition) is 4. The zero-order valence-electron chi connectivity index (χ0n) is 8.72. The lowest BCUT2D eigenvalue weighted by atomic mass is 9.78. The molecule has 0 N–H and O–H groups in total. The molecule has 0 fully saturated rings. The first-order valence-corrected chi connectivity index (χ1v) is 6.00. The lowest BCUT2D eigenvalue weighted by Gasteiger charge is -2.26. The summed E-state index contributed by atoms with van der Waals surface area (Å²) in [6.07, 6.45) is 1.87. The van der Waals surface area contributed by atoms with E-state index in [1.807, 2.05) is 13.8 Å². The molecule has 0 atom stereocenters. The molecule has 0 aliphatic rings. The van der Waals surface area contributed by atoms with Crippen molar-refractivity contribution >= 4 is 44.5 Å². The largest absolute Gasteiger partial charge is 0.384 e. The summed E-state index contributed by atoms with van der Waals surface area (Å²) in [4.78, 5) is 22.5. The van der Waals surface area contributed by atoms with Crippen LogP contribution < -0.4 is 0 Å². The smallest absolute Gasteiger partial charge is 0.323 e. The highest BCUT2D eigenvalue weighted by atomic mass is 79.9. The maximum atomic E-state index is 11.6. The van der Waals surface area contributed by atoms with Gasteiger partial charge in [0.15, 0.2) is 32.5 Å². The van der Waals surface area contributed by atoms with E-state index in [1.54, 1.807) is 0 Å². The predicted molar refractivity (Wildman–Crippen MR) is 62.3 cm³/mol. The average Bonchev–Trinajstić information content (AvgIpc) is 2.29. The summed E-state index contributed by atoms with van der Waals surface area (Å²) in [6.45, 7) is 3.79.